The van der Waals surface area contributed by atoms with Crippen LogP contribution in [0.15, 0.2) is 30.3 Å². The van der Waals surface area contributed by atoms with E-state index in [1.54, 1.807) is 0 Å². The summed E-state index contributed by atoms with van der Waals surface area (Å²) in [6.07, 6.45) is 3.14. The first-order valence-corrected chi connectivity index (χ1v) is 8.12. The molecule has 4 nitrogen and oxygen atoms in total. The van der Waals surface area contributed by atoms with Crippen LogP contribution in [0.3, 0.4) is 0 Å². The van der Waals surface area contributed by atoms with Crippen LogP contribution >= 0.6 is 12.4 Å². The fourth-order valence-electron chi connectivity index (χ4n) is 3.25. The fraction of sp³-hybridized carbons (Fsp3) is 0.611. The summed E-state index contributed by atoms with van der Waals surface area (Å²) in [5.41, 5.74) is 0.765. The summed E-state index contributed by atoms with van der Waals surface area (Å²) in [6.45, 7) is 6.76. The van der Waals surface area contributed by atoms with E-state index in [4.69, 9.17) is 4.74 Å². The van der Waals surface area contributed by atoms with Crippen molar-refractivity contribution in [3.8, 4) is 0 Å². The van der Waals surface area contributed by atoms with Gasteiger partial charge in [0.2, 0.25) is 0 Å². The summed E-state index contributed by atoms with van der Waals surface area (Å²) in [7, 11) is 2.17. The average Bonchev–Trinajstić information content (AvgIpc) is 2.45. The molecule has 0 spiro atoms. The molecule has 1 aliphatic rings. The molecular formula is C18H29ClN2O2. The zero-order chi connectivity index (χ0) is 16.0. The highest BCUT2D eigenvalue weighted by atomic mass is 35.5. The van der Waals surface area contributed by atoms with E-state index in [1.165, 1.54) is 19.4 Å². The Morgan fingerprint density at radius 3 is 2.70 bits per heavy atom. The monoisotopic (exact) mass is 340 g/mol. The second-order valence-electron chi connectivity index (χ2n) is 7.05. The third-order valence-electron chi connectivity index (χ3n) is 4.17. The number of carbonyl (C=O) groups is 1. The minimum Gasteiger partial charge on any atom is -0.445 e. The van der Waals surface area contributed by atoms with E-state index in [1.807, 2.05) is 30.3 Å². The van der Waals surface area contributed by atoms with Crippen LogP contribution in [0, 0.1) is 5.92 Å². The van der Waals surface area contributed by atoms with E-state index in [0.29, 0.717) is 12.5 Å². The zero-order valence-electron chi connectivity index (χ0n) is 14.4. The highest BCUT2D eigenvalue weighted by Gasteiger charge is 2.28. The SMILES string of the molecule is CN1CCC[C@H](CC(C)(C)NC(=O)OCc2ccccc2)C1.Cl. The van der Waals surface area contributed by atoms with Crippen molar-refractivity contribution in [2.75, 3.05) is 20.1 Å². The Labute approximate surface area is 146 Å². The molecule has 1 atom stereocenters. The average molecular weight is 341 g/mol. The number of halogens is 1. The van der Waals surface area contributed by atoms with Gasteiger partial charge in [0.15, 0.2) is 0 Å². The normalized spacial score (nSPS) is 18.8. The first kappa shape index (κ1) is 19.8. The molecule has 0 saturated carbocycles. The van der Waals surface area contributed by atoms with Crippen molar-refractivity contribution in [2.45, 2.75) is 45.3 Å². The Kier molecular flexibility index (Phi) is 7.86. The molecule has 0 aliphatic carbocycles. The van der Waals surface area contributed by atoms with E-state index in [0.717, 1.165) is 18.5 Å². The summed E-state index contributed by atoms with van der Waals surface area (Å²) in [4.78, 5) is 14.4. The molecule has 1 amide bonds. The maximum atomic E-state index is 12.0. The van der Waals surface area contributed by atoms with Gasteiger partial charge in [0.25, 0.3) is 0 Å². The number of hydrogen-bond donors (Lipinski definition) is 1. The van der Waals surface area contributed by atoms with Crippen molar-refractivity contribution in [1.82, 2.24) is 10.2 Å². The summed E-state index contributed by atoms with van der Waals surface area (Å²) in [6, 6.07) is 9.75. The molecular weight excluding hydrogens is 312 g/mol. The van der Waals surface area contributed by atoms with Crippen LogP contribution in [0.5, 0.6) is 0 Å². The summed E-state index contributed by atoms with van der Waals surface area (Å²) in [5, 5.41) is 3.01. The van der Waals surface area contributed by atoms with Crippen LogP contribution in [0.2, 0.25) is 0 Å². The van der Waals surface area contributed by atoms with Crippen LogP contribution in [0.25, 0.3) is 0 Å². The number of nitrogens with zero attached hydrogens (tertiary/aromatic N) is 1. The lowest BCUT2D eigenvalue weighted by Gasteiger charge is -2.35. The number of piperidine rings is 1. The van der Waals surface area contributed by atoms with Gasteiger partial charge >= 0.3 is 6.09 Å². The number of carbonyl (C=O) groups excluding carboxylic acids is 1. The first-order chi connectivity index (χ1) is 10.4. The predicted octanol–water partition coefficient (Wildman–Crippen LogP) is 3.85. The molecule has 1 fully saturated rings. The molecule has 1 saturated heterocycles. The molecule has 0 radical (unpaired) electrons. The van der Waals surface area contributed by atoms with Crippen LogP contribution in [0.1, 0.15) is 38.7 Å². The Morgan fingerprint density at radius 1 is 1.35 bits per heavy atom. The van der Waals surface area contributed by atoms with Crippen LogP contribution in [-0.4, -0.2) is 36.7 Å². The highest BCUT2D eigenvalue weighted by Crippen LogP contribution is 2.24. The van der Waals surface area contributed by atoms with Crippen molar-refractivity contribution in [2.24, 2.45) is 5.92 Å². The molecule has 1 aromatic carbocycles. The van der Waals surface area contributed by atoms with Crippen molar-refractivity contribution >= 4 is 18.5 Å². The van der Waals surface area contributed by atoms with E-state index in [2.05, 4.69) is 31.1 Å². The quantitative estimate of drug-likeness (QED) is 0.885. The van der Waals surface area contributed by atoms with Gasteiger partial charge in [0, 0.05) is 12.1 Å². The molecule has 1 N–H and O–H groups in total. The Morgan fingerprint density at radius 2 is 2.04 bits per heavy atom. The molecule has 1 aromatic rings. The van der Waals surface area contributed by atoms with Gasteiger partial charge in [-0.25, -0.2) is 4.79 Å². The molecule has 1 aliphatic heterocycles. The minimum atomic E-state index is -0.335. The van der Waals surface area contributed by atoms with E-state index in [9.17, 15) is 4.79 Å². The molecule has 0 unspecified atom stereocenters. The molecule has 23 heavy (non-hydrogen) atoms. The van der Waals surface area contributed by atoms with Crippen LogP contribution < -0.4 is 5.32 Å². The van der Waals surface area contributed by atoms with E-state index in [-0.39, 0.29) is 24.0 Å². The summed E-state index contributed by atoms with van der Waals surface area (Å²) < 4.78 is 5.31. The maximum absolute atomic E-state index is 12.0. The number of benzene rings is 1. The van der Waals surface area contributed by atoms with Crippen LogP contribution in [0.4, 0.5) is 4.79 Å². The number of nitrogens with one attached hydrogen (secondary N) is 1. The minimum absolute atomic E-state index is 0. The number of hydrogen-bond acceptors (Lipinski definition) is 3. The number of rotatable bonds is 5. The molecule has 1 heterocycles. The standard InChI is InChI=1S/C18H28N2O2.ClH/c1-18(2,12-16-10-7-11-20(3)13-16)19-17(21)22-14-15-8-5-4-6-9-15;/h4-6,8-9,16H,7,10-14H2,1-3H3,(H,19,21);1H/t16-;/m1./s1. The van der Waals surface area contributed by atoms with Gasteiger partial charge in [-0.2, -0.15) is 0 Å². The predicted molar refractivity (Wildman–Crippen MR) is 95.9 cm³/mol. The lowest BCUT2D eigenvalue weighted by Crippen LogP contribution is -2.47. The topological polar surface area (TPSA) is 41.6 Å². The maximum Gasteiger partial charge on any atom is 0.407 e. The molecule has 2 rings (SSSR count). The number of likely N-dealkylation sites (tertiary alicyclic amines) is 1. The Balaban J connectivity index is 0.00000264. The fourth-order valence-corrected chi connectivity index (χ4v) is 3.25. The van der Waals surface area contributed by atoms with Crippen molar-refractivity contribution in [3.63, 3.8) is 0 Å². The zero-order valence-corrected chi connectivity index (χ0v) is 15.2. The van der Waals surface area contributed by atoms with Gasteiger partial charge in [0.05, 0.1) is 0 Å². The lowest BCUT2D eigenvalue weighted by molar-refractivity contribution is 0.120. The van der Waals surface area contributed by atoms with E-state index >= 15 is 0 Å². The number of amides is 1. The van der Waals surface area contributed by atoms with E-state index < -0.39 is 0 Å². The third-order valence-corrected chi connectivity index (χ3v) is 4.17. The van der Waals surface area contributed by atoms with Gasteiger partial charge in [0.1, 0.15) is 6.61 Å². The smallest absolute Gasteiger partial charge is 0.407 e. The first-order valence-electron chi connectivity index (χ1n) is 8.12. The van der Waals surface area contributed by atoms with Gasteiger partial charge in [-0.3, -0.25) is 0 Å². The largest absolute Gasteiger partial charge is 0.445 e. The lowest BCUT2D eigenvalue weighted by atomic mass is 9.85. The number of ether oxygens (including phenoxy) is 1. The third kappa shape index (κ3) is 7.23. The van der Waals surface area contributed by atoms with Gasteiger partial charge in [-0.15, -0.1) is 12.4 Å². The molecule has 0 bridgehead atoms. The van der Waals surface area contributed by atoms with Gasteiger partial charge in [-0.1, -0.05) is 30.3 Å². The van der Waals surface area contributed by atoms with Crippen molar-refractivity contribution < 1.29 is 9.53 Å². The summed E-state index contributed by atoms with van der Waals surface area (Å²) in [5.74, 6) is 0.642. The second-order valence-corrected chi connectivity index (χ2v) is 7.05. The summed E-state index contributed by atoms with van der Waals surface area (Å²) >= 11 is 0. The second kappa shape index (κ2) is 9.14. The van der Waals surface area contributed by atoms with Gasteiger partial charge < -0.3 is 15.0 Å². The van der Waals surface area contributed by atoms with Gasteiger partial charge in [-0.05, 0) is 58.2 Å². The Hall–Kier alpha value is -1.26. The van der Waals surface area contributed by atoms with Crippen molar-refractivity contribution in [1.29, 1.82) is 0 Å². The number of alkyl carbamates (subject to hydrolysis) is 1. The molecule has 5 heteroatoms. The molecule has 0 aromatic heterocycles. The highest BCUT2D eigenvalue weighted by molar-refractivity contribution is 5.85. The van der Waals surface area contributed by atoms with Crippen molar-refractivity contribution in [3.05, 3.63) is 35.9 Å². The Bertz CT molecular complexity index is 479. The van der Waals surface area contributed by atoms with Crippen LogP contribution in [-0.2, 0) is 11.3 Å². The molecule has 130 valence electrons.